The van der Waals surface area contributed by atoms with Crippen LogP contribution in [-0.2, 0) is 4.74 Å². The fourth-order valence-electron chi connectivity index (χ4n) is 2.07. The highest BCUT2D eigenvalue weighted by Gasteiger charge is 2.24. The Morgan fingerprint density at radius 2 is 2.41 bits per heavy atom. The maximum Gasteiger partial charge on any atom is 0.141 e. The maximum absolute atomic E-state index is 13.1. The number of benzene rings is 1. The zero-order chi connectivity index (χ0) is 12.3. The normalized spacial score (nSPS) is 22.4. The van der Waals surface area contributed by atoms with E-state index in [9.17, 15) is 4.39 Å². The first-order valence-corrected chi connectivity index (χ1v) is 6.04. The average molecular weight is 259 g/mol. The van der Waals surface area contributed by atoms with Crippen LogP contribution in [0, 0.1) is 5.82 Å². The lowest BCUT2D eigenvalue weighted by molar-refractivity contribution is 0.00536. The van der Waals surface area contributed by atoms with Crippen LogP contribution in [0.15, 0.2) is 18.2 Å². The summed E-state index contributed by atoms with van der Waals surface area (Å²) in [4.78, 5) is 0. The largest absolute Gasteiger partial charge is 0.374 e. The van der Waals surface area contributed by atoms with Crippen LogP contribution < -0.4 is 10.6 Å². The maximum atomic E-state index is 13.1. The highest BCUT2D eigenvalue weighted by atomic mass is 35.5. The molecule has 94 valence electrons. The van der Waals surface area contributed by atoms with E-state index in [0.29, 0.717) is 6.61 Å². The van der Waals surface area contributed by atoms with Gasteiger partial charge in [-0.3, -0.25) is 0 Å². The molecule has 0 saturated carbocycles. The van der Waals surface area contributed by atoms with Crippen LogP contribution in [0.5, 0.6) is 0 Å². The van der Waals surface area contributed by atoms with Gasteiger partial charge in [0.2, 0.25) is 0 Å². The van der Waals surface area contributed by atoms with E-state index in [2.05, 4.69) is 10.6 Å². The fraction of sp³-hybridized carbons (Fsp3) is 0.500. The van der Waals surface area contributed by atoms with Crippen molar-refractivity contribution in [2.45, 2.75) is 12.1 Å². The number of halogens is 2. The van der Waals surface area contributed by atoms with Gasteiger partial charge in [-0.05, 0) is 24.7 Å². The van der Waals surface area contributed by atoms with Gasteiger partial charge in [-0.2, -0.15) is 0 Å². The van der Waals surface area contributed by atoms with Gasteiger partial charge in [0.15, 0.2) is 0 Å². The van der Waals surface area contributed by atoms with E-state index in [1.165, 1.54) is 6.07 Å². The first-order chi connectivity index (χ1) is 8.22. The summed E-state index contributed by atoms with van der Waals surface area (Å²) >= 11 is 5.79. The van der Waals surface area contributed by atoms with E-state index < -0.39 is 5.82 Å². The van der Waals surface area contributed by atoms with Crippen molar-refractivity contribution < 1.29 is 9.13 Å². The van der Waals surface area contributed by atoms with Crippen molar-refractivity contribution in [3.63, 3.8) is 0 Å². The molecule has 1 saturated heterocycles. The zero-order valence-corrected chi connectivity index (χ0v) is 10.4. The first-order valence-electron chi connectivity index (χ1n) is 5.67. The van der Waals surface area contributed by atoms with E-state index >= 15 is 0 Å². The Hall–Kier alpha value is -0.680. The molecule has 3 nitrogen and oxygen atoms in total. The molecule has 2 rings (SSSR count). The molecular weight excluding hydrogens is 243 g/mol. The SMILES string of the molecule is CNC(c1ccc(F)c(Cl)c1)C1CNCCO1. The minimum atomic E-state index is -0.395. The third kappa shape index (κ3) is 2.96. The number of hydrogen-bond donors (Lipinski definition) is 2. The summed E-state index contributed by atoms with van der Waals surface area (Å²) in [6.07, 6.45) is 0.0373. The molecule has 1 aliphatic heterocycles. The van der Waals surface area contributed by atoms with E-state index in [-0.39, 0.29) is 17.2 Å². The van der Waals surface area contributed by atoms with E-state index in [0.717, 1.165) is 18.7 Å². The topological polar surface area (TPSA) is 33.3 Å². The molecule has 0 bridgehead atoms. The summed E-state index contributed by atoms with van der Waals surface area (Å²) < 4.78 is 18.8. The predicted octanol–water partition coefficient (Wildman–Crippen LogP) is 1.73. The van der Waals surface area contributed by atoms with Crippen LogP contribution in [0.25, 0.3) is 0 Å². The van der Waals surface area contributed by atoms with Gasteiger partial charge >= 0.3 is 0 Å². The summed E-state index contributed by atoms with van der Waals surface area (Å²) in [7, 11) is 1.86. The number of nitrogens with one attached hydrogen (secondary N) is 2. The molecule has 0 spiro atoms. The van der Waals surface area contributed by atoms with Crippen molar-refractivity contribution in [2.24, 2.45) is 0 Å². The van der Waals surface area contributed by atoms with Crippen molar-refractivity contribution in [3.05, 3.63) is 34.6 Å². The zero-order valence-electron chi connectivity index (χ0n) is 9.67. The van der Waals surface area contributed by atoms with Crippen molar-refractivity contribution >= 4 is 11.6 Å². The molecule has 0 radical (unpaired) electrons. The fourth-order valence-corrected chi connectivity index (χ4v) is 2.26. The molecule has 1 fully saturated rings. The Kier molecular flexibility index (Phi) is 4.34. The molecule has 0 aliphatic carbocycles. The highest BCUT2D eigenvalue weighted by molar-refractivity contribution is 6.30. The van der Waals surface area contributed by atoms with E-state index in [1.807, 2.05) is 7.05 Å². The molecule has 2 unspecified atom stereocenters. The molecule has 5 heteroatoms. The Bertz CT molecular complexity index is 383. The number of hydrogen-bond acceptors (Lipinski definition) is 3. The summed E-state index contributed by atoms with van der Waals surface area (Å²) in [5.41, 5.74) is 0.938. The van der Waals surface area contributed by atoms with Crippen LogP contribution >= 0.6 is 11.6 Å². The van der Waals surface area contributed by atoms with Gasteiger partial charge in [0, 0.05) is 13.1 Å². The molecule has 17 heavy (non-hydrogen) atoms. The quantitative estimate of drug-likeness (QED) is 0.866. The van der Waals surface area contributed by atoms with Gasteiger partial charge < -0.3 is 15.4 Å². The Morgan fingerprint density at radius 3 is 3.00 bits per heavy atom. The average Bonchev–Trinajstić information content (AvgIpc) is 2.36. The number of likely N-dealkylation sites (N-methyl/N-ethyl adjacent to an activating group) is 1. The standard InChI is InChI=1S/C12H16ClFN2O/c1-15-12(11-7-16-4-5-17-11)8-2-3-10(14)9(13)6-8/h2-3,6,11-12,15-16H,4-5,7H2,1H3. The van der Waals surface area contributed by atoms with E-state index in [1.54, 1.807) is 12.1 Å². The number of ether oxygens (including phenoxy) is 1. The minimum absolute atomic E-state index is 0.0147. The number of morpholine rings is 1. The molecule has 2 N–H and O–H groups in total. The second-order valence-electron chi connectivity index (χ2n) is 4.05. The van der Waals surface area contributed by atoms with Gasteiger partial charge in [-0.1, -0.05) is 17.7 Å². The summed E-state index contributed by atoms with van der Waals surface area (Å²) in [6, 6.07) is 4.79. The lowest BCUT2D eigenvalue weighted by Gasteiger charge is -2.31. The van der Waals surface area contributed by atoms with Gasteiger partial charge in [-0.25, -0.2) is 4.39 Å². The predicted molar refractivity (Wildman–Crippen MR) is 65.8 cm³/mol. The van der Waals surface area contributed by atoms with Gasteiger partial charge in [0.1, 0.15) is 5.82 Å². The molecule has 1 aliphatic rings. The molecule has 0 amide bonds. The third-order valence-electron chi connectivity index (χ3n) is 2.94. The molecule has 1 aromatic rings. The monoisotopic (exact) mass is 258 g/mol. The third-order valence-corrected chi connectivity index (χ3v) is 3.23. The minimum Gasteiger partial charge on any atom is -0.374 e. The molecule has 0 aromatic heterocycles. The van der Waals surface area contributed by atoms with Crippen LogP contribution in [0.2, 0.25) is 5.02 Å². The smallest absolute Gasteiger partial charge is 0.141 e. The van der Waals surface area contributed by atoms with Crippen LogP contribution in [0.1, 0.15) is 11.6 Å². The van der Waals surface area contributed by atoms with Crippen LogP contribution in [0.4, 0.5) is 4.39 Å². The lowest BCUT2D eigenvalue weighted by atomic mass is 10.0. The van der Waals surface area contributed by atoms with Crippen molar-refractivity contribution in [1.82, 2.24) is 10.6 Å². The van der Waals surface area contributed by atoms with E-state index in [4.69, 9.17) is 16.3 Å². The van der Waals surface area contributed by atoms with Crippen molar-refractivity contribution in [2.75, 3.05) is 26.7 Å². The van der Waals surface area contributed by atoms with Crippen LogP contribution in [0.3, 0.4) is 0 Å². The molecule has 1 aromatic carbocycles. The van der Waals surface area contributed by atoms with Crippen LogP contribution in [-0.4, -0.2) is 32.8 Å². The summed E-state index contributed by atoms with van der Waals surface area (Å²) in [5.74, 6) is -0.395. The van der Waals surface area contributed by atoms with Gasteiger partial charge in [0.05, 0.1) is 23.8 Å². The van der Waals surface area contributed by atoms with Gasteiger partial charge in [0.25, 0.3) is 0 Å². The number of rotatable bonds is 3. The van der Waals surface area contributed by atoms with Gasteiger partial charge in [-0.15, -0.1) is 0 Å². The summed E-state index contributed by atoms with van der Waals surface area (Å²) in [5, 5.41) is 6.61. The first kappa shape index (κ1) is 12.8. The second kappa shape index (κ2) is 5.78. The lowest BCUT2D eigenvalue weighted by Crippen LogP contribution is -2.45. The Balaban J connectivity index is 2.18. The molecule has 2 atom stereocenters. The Morgan fingerprint density at radius 1 is 1.59 bits per heavy atom. The Labute approximate surface area is 105 Å². The molecular formula is C12H16ClFN2O. The second-order valence-corrected chi connectivity index (χ2v) is 4.46. The summed E-state index contributed by atoms with van der Waals surface area (Å²) in [6.45, 7) is 2.34. The molecule has 1 heterocycles. The van der Waals surface area contributed by atoms with Crippen molar-refractivity contribution in [1.29, 1.82) is 0 Å². The highest BCUT2D eigenvalue weighted by Crippen LogP contribution is 2.24. The van der Waals surface area contributed by atoms with Crippen molar-refractivity contribution in [3.8, 4) is 0 Å².